The summed E-state index contributed by atoms with van der Waals surface area (Å²) in [6, 6.07) is 14.6. The zero-order chi connectivity index (χ0) is 24.4. The summed E-state index contributed by atoms with van der Waals surface area (Å²) in [7, 11) is 0. The number of rotatable bonds is 2. The number of carbonyl (C=O) groups is 2. The van der Waals surface area contributed by atoms with Gasteiger partial charge in [-0.25, -0.2) is 23.5 Å². The SMILES string of the molecule is CC1=CC(=O)C2=C(C[C@@H]3C(=CCn4c(=O)n(-c5ccccc5)c(=O)n43)[C@@H]2c2ccc(O)cc2)C1=O. The Morgan fingerprint density at radius 3 is 2.34 bits per heavy atom. The molecule has 3 aromatic rings. The molecule has 8 heteroatoms. The zero-order valence-corrected chi connectivity index (χ0v) is 18.8. The van der Waals surface area contributed by atoms with E-state index in [2.05, 4.69) is 0 Å². The van der Waals surface area contributed by atoms with Crippen molar-refractivity contribution in [2.45, 2.75) is 31.8 Å². The Morgan fingerprint density at radius 2 is 1.63 bits per heavy atom. The third-order valence-corrected chi connectivity index (χ3v) is 7.07. The average molecular weight is 467 g/mol. The molecule has 0 bridgehead atoms. The van der Waals surface area contributed by atoms with Crippen LogP contribution in [0.2, 0.25) is 0 Å². The molecule has 0 fully saturated rings. The number of allylic oxidation sites excluding steroid dienone is 6. The van der Waals surface area contributed by atoms with Gasteiger partial charge in [0.25, 0.3) is 0 Å². The lowest BCUT2D eigenvalue weighted by Crippen LogP contribution is -2.40. The normalized spacial score (nSPS) is 21.2. The molecule has 0 radical (unpaired) electrons. The van der Waals surface area contributed by atoms with Crippen LogP contribution < -0.4 is 11.4 Å². The molecule has 2 heterocycles. The van der Waals surface area contributed by atoms with Gasteiger partial charge in [0.15, 0.2) is 11.6 Å². The number of ketones is 2. The maximum absolute atomic E-state index is 13.6. The fourth-order valence-corrected chi connectivity index (χ4v) is 5.50. The van der Waals surface area contributed by atoms with Gasteiger partial charge in [0, 0.05) is 29.1 Å². The summed E-state index contributed by atoms with van der Waals surface area (Å²) in [5.74, 6) is -0.940. The lowest BCUT2D eigenvalue weighted by Gasteiger charge is -2.39. The Balaban J connectivity index is 1.59. The van der Waals surface area contributed by atoms with E-state index in [9.17, 15) is 24.3 Å². The maximum Gasteiger partial charge on any atom is 0.352 e. The molecule has 1 aliphatic heterocycles. The first kappa shape index (κ1) is 21.1. The first-order chi connectivity index (χ1) is 16.9. The highest BCUT2D eigenvalue weighted by molar-refractivity contribution is 6.23. The number of aromatic hydroxyl groups is 1. The summed E-state index contributed by atoms with van der Waals surface area (Å²) in [5.41, 5.74) is 2.16. The van der Waals surface area contributed by atoms with E-state index >= 15 is 0 Å². The van der Waals surface area contributed by atoms with Gasteiger partial charge in [-0.15, -0.1) is 0 Å². The van der Waals surface area contributed by atoms with Crippen molar-refractivity contribution < 1.29 is 14.7 Å². The minimum Gasteiger partial charge on any atom is -0.508 e. The van der Waals surface area contributed by atoms with Crippen molar-refractivity contribution in [1.29, 1.82) is 0 Å². The lowest BCUT2D eigenvalue weighted by molar-refractivity contribution is -0.116. The number of aromatic nitrogens is 3. The second-order valence-electron chi connectivity index (χ2n) is 9.02. The Hall–Kier alpha value is -4.46. The molecule has 8 nitrogen and oxygen atoms in total. The molecule has 174 valence electrons. The molecule has 6 rings (SSSR count). The molecule has 3 aliphatic rings. The topological polar surface area (TPSA) is 103 Å². The van der Waals surface area contributed by atoms with Gasteiger partial charge in [0.05, 0.1) is 18.3 Å². The fraction of sp³-hybridized carbons (Fsp3) is 0.185. The Bertz CT molecular complexity index is 1630. The van der Waals surface area contributed by atoms with E-state index < -0.39 is 23.3 Å². The van der Waals surface area contributed by atoms with Crippen LogP contribution in [0.3, 0.4) is 0 Å². The first-order valence-electron chi connectivity index (χ1n) is 11.4. The molecule has 0 saturated heterocycles. The van der Waals surface area contributed by atoms with Crippen molar-refractivity contribution in [2.75, 3.05) is 0 Å². The van der Waals surface area contributed by atoms with Gasteiger partial charge in [-0.2, -0.15) is 0 Å². The summed E-state index contributed by atoms with van der Waals surface area (Å²) in [6.45, 7) is 1.77. The summed E-state index contributed by atoms with van der Waals surface area (Å²) in [6.07, 6.45) is 3.39. The monoisotopic (exact) mass is 467 g/mol. The van der Waals surface area contributed by atoms with Gasteiger partial charge in [-0.3, -0.25) is 9.59 Å². The van der Waals surface area contributed by atoms with Gasteiger partial charge < -0.3 is 5.11 Å². The summed E-state index contributed by atoms with van der Waals surface area (Å²) < 4.78 is 3.95. The van der Waals surface area contributed by atoms with Crippen molar-refractivity contribution in [1.82, 2.24) is 13.9 Å². The van der Waals surface area contributed by atoms with Gasteiger partial charge in [0.2, 0.25) is 0 Å². The Morgan fingerprint density at radius 1 is 0.914 bits per heavy atom. The highest BCUT2D eigenvalue weighted by Gasteiger charge is 2.44. The number of hydrogen-bond donors (Lipinski definition) is 1. The third kappa shape index (κ3) is 2.99. The van der Waals surface area contributed by atoms with E-state index in [4.69, 9.17) is 0 Å². The summed E-state index contributed by atoms with van der Waals surface area (Å²) in [5, 5.41) is 9.81. The van der Waals surface area contributed by atoms with Crippen LogP contribution in [-0.2, 0) is 16.1 Å². The maximum atomic E-state index is 13.6. The van der Waals surface area contributed by atoms with Crippen LogP contribution in [0, 0.1) is 0 Å². The van der Waals surface area contributed by atoms with Crippen LogP contribution in [0.5, 0.6) is 5.75 Å². The van der Waals surface area contributed by atoms with Gasteiger partial charge in [-0.1, -0.05) is 36.4 Å². The molecule has 0 amide bonds. The second kappa shape index (κ2) is 7.53. The summed E-state index contributed by atoms with van der Waals surface area (Å²) in [4.78, 5) is 53.2. The number of fused-ring (bicyclic) bond motifs is 3. The van der Waals surface area contributed by atoms with Crippen LogP contribution in [-0.4, -0.2) is 30.6 Å². The third-order valence-electron chi connectivity index (χ3n) is 7.07. The van der Waals surface area contributed by atoms with Crippen LogP contribution in [0.1, 0.15) is 30.9 Å². The van der Waals surface area contributed by atoms with Crippen molar-refractivity contribution >= 4 is 11.6 Å². The molecule has 0 unspecified atom stereocenters. The number of para-hydroxylation sites is 1. The molecule has 2 aliphatic carbocycles. The van der Waals surface area contributed by atoms with E-state index in [0.29, 0.717) is 22.4 Å². The molecular weight excluding hydrogens is 446 g/mol. The van der Waals surface area contributed by atoms with Gasteiger partial charge in [-0.05, 0) is 48.4 Å². The number of phenols is 1. The highest BCUT2D eigenvalue weighted by Crippen LogP contribution is 2.49. The molecule has 1 N–H and O–H groups in total. The van der Waals surface area contributed by atoms with Gasteiger partial charge in [0.1, 0.15) is 5.75 Å². The first-order valence-corrected chi connectivity index (χ1v) is 11.4. The quantitative estimate of drug-likeness (QED) is 0.461. The lowest BCUT2D eigenvalue weighted by atomic mass is 9.68. The fourth-order valence-electron chi connectivity index (χ4n) is 5.50. The van der Waals surface area contributed by atoms with Crippen LogP contribution >= 0.6 is 0 Å². The Kier molecular flexibility index (Phi) is 4.54. The van der Waals surface area contributed by atoms with Crippen molar-refractivity contribution in [3.63, 3.8) is 0 Å². The molecule has 0 spiro atoms. The number of carbonyl (C=O) groups excluding carboxylic acids is 2. The number of phenolic OH excluding ortho intramolecular Hbond substituents is 1. The number of hydrogen-bond acceptors (Lipinski definition) is 5. The van der Waals surface area contributed by atoms with Crippen molar-refractivity contribution in [3.05, 3.63) is 116 Å². The van der Waals surface area contributed by atoms with Crippen LogP contribution in [0.25, 0.3) is 5.69 Å². The summed E-state index contributed by atoms with van der Waals surface area (Å²) >= 11 is 0. The van der Waals surface area contributed by atoms with Crippen LogP contribution in [0.15, 0.2) is 98.6 Å². The second-order valence-corrected chi connectivity index (χ2v) is 9.02. The predicted molar refractivity (Wildman–Crippen MR) is 128 cm³/mol. The van der Waals surface area contributed by atoms with E-state index in [1.54, 1.807) is 49.4 Å². The standard InChI is InChI=1S/C27H21N3O5/c1-15-13-22(32)24-20(25(15)33)14-21-19(23(24)16-7-9-18(31)10-8-16)11-12-28-26(34)29(27(35)30(21)28)17-5-3-2-4-6-17/h2-11,13,21,23,31H,12,14H2,1H3/t21-,23+/m1/s1. The molecule has 35 heavy (non-hydrogen) atoms. The predicted octanol–water partition coefficient (Wildman–Crippen LogP) is 2.57. The molecule has 2 aromatic carbocycles. The van der Waals surface area contributed by atoms with E-state index in [0.717, 1.165) is 15.7 Å². The average Bonchev–Trinajstić information content (AvgIpc) is 3.12. The number of nitrogens with zero attached hydrogens (tertiary/aromatic N) is 3. The van der Waals surface area contributed by atoms with Crippen molar-refractivity contribution in [3.8, 4) is 11.4 Å². The minimum absolute atomic E-state index is 0.0831. The number of Topliss-reactive ketones (excluding diaryl/α,β-unsaturated/α-hetero) is 1. The van der Waals surface area contributed by atoms with Crippen molar-refractivity contribution in [2.24, 2.45) is 0 Å². The van der Waals surface area contributed by atoms with E-state index in [1.165, 1.54) is 27.6 Å². The molecule has 1 aromatic heterocycles. The van der Waals surface area contributed by atoms with E-state index in [-0.39, 0.29) is 30.3 Å². The Labute approximate surface area is 199 Å². The zero-order valence-electron chi connectivity index (χ0n) is 18.8. The highest BCUT2D eigenvalue weighted by atomic mass is 16.3. The largest absolute Gasteiger partial charge is 0.508 e. The molecule has 2 atom stereocenters. The van der Waals surface area contributed by atoms with E-state index in [1.807, 2.05) is 6.08 Å². The van der Waals surface area contributed by atoms with Gasteiger partial charge >= 0.3 is 11.4 Å². The minimum atomic E-state index is -0.603. The van der Waals surface area contributed by atoms with Crippen LogP contribution in [0.4, 0.5) is 0 Å². The molecule has 0 saturated carbocycles. The molecular formula is C27H21N3O5. The number of benzene rings is 2. The smallest absolute Gasteiger partial charge is 0.352 e.